The van der Waals surface area contributed by atoms with Gasteiger partial charge in [0.2, 0.25) is 5.91 Å². The van der Waals surface area contributed by atoms with Crippen LogP contribution in [0, 0.1) is 0 Å². The highest BCUT2D eigenvalue weighted by Gasteiger charge is 2.15. The van der Waals surface area contributed by atoms with E-state index in [9.17, 15) is 4.79 Å². The lowest BCUT2D eigenvalue weighted by molar-refractivity contribution is -0.127. The average molecular weight is 266 g/mol. The van der Waals surface area contributed by atoms with Gasteiger partial charge in [0.05, 0.1) is 0 Å². The van der Waals surface area contributed by atoms with Crippen molar-refractivity contribution in [2.24, 2.45) is 0 Å². The van der Waals surface area contributed by atoms with Gasteiger partial charge in [-0.2, -0.15) is 0 Å². The van der Waals surface area contributed by atoms with Crippen LogP contribution in [0.4, 0.5) is 0 Å². The predicted octanol–water partition coefficient (Wildman–Crippen LogP) is 3.44. The minimum Gasteiger partial charge on any atom is -0.376 e. The first-order chi connectivity index (χ1) is 8.90. The van der Waals surface area contributed by atoms with Crippen LogP contribution in [0.1, 0.15) is 46.5 Å². The molecule has 0 heterocycles. The normalized spacial score (nSPS) is 12.5. The van der Waals surface area contributed by atoms with Gasteiger partial charge in [-0.15, -0.1) is 0 Å². The molecule has 1 amide bonds. The fourth-order valence-corrected chi connectivity index (χ4v) is 1.92. The van der Waals surface area contributed by atoms with Crippen LogP contribution in [0.25, 0.3) is 0 Å². The van der Waals surface area contributed by atoms with Crippen LogP contribution in [-0.4, -0.2) is 42.4 Å². The fourth-order valence-electron chi connectivity index (χ4n) is 1.92. The predicted molar refractivity (Wildman–Crippen MR) is 83.0 cm³/mol. The highest BCUT2D eigenvalue weighted by Crippen LogP contribution is 2.15. The van der Waals surface area contributed by atoms with Gasteiger partial charge in [-0.3, -0.25) is 4.79 Å². The second-order valence-electron chi connectivity index (χ2n) is 5.19. The van der Waals surface area contributed by atoms with Gasteiger partial charge in [0.15, 0.2) is 0 Å². The summed E-state index contributed by atoms with van der Waals surface area (Å²) in [5.41, 5.74) is 1.08. The zero-order valence-corrected chi connectivity index (χ0v) is 13.3. The maximum absolute atomic E-state index is 11.2. The largest absolute Gasteiger partial charge is 0.376 e. The summed E-state index contributed by atoms with van der Waals surface area (Å²) in [5, 5.41) is 0. The van der Waals surface area contributed by atoms with Crippen LogP contribution < -0.4 is 0 Å². The second kappa shape index (κ2) is 9.65. The molecule has 3 heteroatoms. The number of amides is 1. The second-order valence-corrected chi connectivity index (χ2v) is 5.19. The molecule has 0 radical (unpaired) electrons. The van der Waals surface area contributed by atoms with Gasteiger partial charge in [-0.25, -0.2) is 0 Å². The van der Waals surface area contributed by atoms with Crippen LogP contribution in [0.5, 0.6) is 0 Å². The standard InChI is InChI=1S/C16H30N2O/c1-7-8-9-10-11-16(18(6)14(2)3)12-13-17(5)15(4)19/h8-9,16H,2,7,10-13H2,1,3-6H3/b9-8-. The molecule has 1 atom stereocenters. The lowest BCUT2D eigenvalue weighted by atomic mass is 10.1. The molecule has 0 fully saturated rings. The summed E-state index contributed by atoms with van der Waals surface area (Å²) in [6.45, 7) is 10.6. The molecule has 3 nitrogen and oxygen atoms in total. The number of carbonyl (C=O) groups excluding carboxylic acids is 1. The minimum absolute atomic E-state index is 0.127. The van der Waals surface area contributed by atoms with Crippen molar-refractivity contribution in [1.29, 1.82) is 0 Å². The number of rotatable bonds is 9. The zero-order chi connectivity index (χ0) is 14.8. The van der Waals surface area contributed by atoms with E-state index in [4.69, 9.17) is 0 Å². The monoisotopic (exact) mass is 266 g/mol. The van der Waals surface area contributed by atoms with Gasteiger partial charge in [-0.1, -0.05) is 25.7 Å². The Bertz CT molecular complexity index is 310. The quantitative estimate of drug-likeness (QED) is 0.597. The molecule has 0 aliphatic heterocycles. The molecule has 0 aromatic carbocycles. The maximum atomic E-state index is 11.2. The molecule has 0 saturated heterocycles. The zero-order valence-electron chi connectivity index (χ0n) is 13.3. The average Bonchev–Trinajstić information content (AvgIpc) is 2.36. The van der Waals surface area contributed by atoms with Crippen molar-refractivity contribution in [3.63, 3.8) is 0 Å². The highest BCUT2D eigenvalue weighted by atomic mass is 16.2. The molecular weight excluding hydrogens is 236 g/mol. The number of hydrogen-bond acceptors (Lipinski definition) is 2. The van der Waals surface area contributed by atoms with Crippen LogP contribution in [-0.2, 0) is 4.79 Å². The van der Waals surface area contributed by atoms with Crippen LogP contribution in [0.15, 0.2) is 24.4 Å². The molecule has 1 unspecified atom stereocenters. The Morgan fingerprint density at radius 1 is 1.21 bits per heavy atom. The van der Waals surface area contributed by atoms with E-state index in [-0.39, 0.29) is 5.91 Å². The van der Waals surface area contributed by atoms with Gasteiger partial charge in [0, 0.05) is 39.3 Å². The van der Waals surface area contributed by atoms with Gasteiger partial charge in [0.25, 0.3) is 0 Å². The van der Waals surface area contributed by atoms with Crippen molar-refractivity contribution in [2.75, 3.05) is 20.6 Å². The Morgan fingerprint density at radius 2 is 1.84 bits per heavy atom. The van der Waals surface area contributed by atoms with Gasteiger partial charge < -0.3 is 9.80 Å². The molecule has 0 aliphatic carbocycles. The molecule has 0 spiro atoms. The van der Waals surface area contributed by atoms with Gasteiger partial charge in [-0.05, 0) is 32.6 Å². The lowest BCUT2D eigenvalue weighted by Gasteiger charge is -2.31. The molecule has 19 heavy (non-hydrogen) atoms. The van der Waals surface area contributed by atoms with Crippen LogP contribution in [0.2, 0.25) is 0 Å². The van der Waals surface area contributed by atoms with Crippen molar-refractivity contribution >= 4 is 5.91 Å². The molecule has 0 N–H and O–H groups in total. The Kier molecular flexibility index (Phi) is 9.02. The first kappa shape index (κ1) is 17.8. The number of hydrogen-bond donors (Lipinski definition) is 0. The maximum Gasteiger partial charge on any atom is 0.219 e. The van der Waals surface area contributed by atoms with Crippen molar-refractivity contribution in [3.05, 3.63) is 24.4 Å². The Hall–Kier alpha value is -1.25. The van der Waals surface area contributed by atoms with E-state index in [1.54, 1.807) is 11.8 Å². The Labute approximate surface area is 119 Å². The number of allylic oxidation sites excluding steroid dienone is 3. The summed E-state index contributed by atoms with van der Waals surface area (Å²) in [6, 6.07) is 0.445. The summed E-state index contributed by atoms with van der Waals surface area (Å²) in [5.74, 6) is 0.127. The third kappa shape index (κ3) is 7.70. The Morgan fingerprint density at radius 3 is 2.32 bits per heavy atom. The summed E-state index contributed by atoms with van der Waals surface area (Å²) >= 11 is 0. The minimum atomic E-state index is 0.127. The number of carbonyl (C=O) groups is 1. The SMILES string of the molecule is C=C(C)N(C)C(CC/C=C\CC)CCN(C)C(C)=O. The molecular formula is C16H30N2O. The van der Waals surface area contributed by atoms with E-state index in [0.29, 0.717) is 6.04 Å². The van der Waals surface area contributed by atoms with Crippen LogP contribution >= 0.6 is 0 Å². The molecule has 0 aromatic heterocycles. The van der Waals surface area contributed by atoms with Crippen molar-refractivity contribution in [2.45, 2.75) is 52.5 Å². The summed E-state index contributed by atoms with van der Waals surface area (Å²) in [7, 11) is 3.95. The first-order valence-corrected chi connectivity index (χ1v) is 7.15. The smallest absolute Gasteiger partial charge is 0.219 e. The van der Waals surface area contributed by atoms with E-state index < -0.39 is 0 Å². The van der Waals surface area contributed by atoms with Crippen molar-refractivity contribution in [1.82, 2.24) is 9.80 Å². The summed E-state index contributed by atoms with van der Waals surface area (Å²) in [4.78, 5) is 15.3. The lowest BCUT2D eigenvalue weighted by Crippen LogP contribution is -2.35. The molecule has 0 aromatic rings. The first-order valence-electron chi connectivity index (χ1n) is 7.15. The molecule has 0 aliphatic rings. The van der Waals surface area contributed by atoms with E-state index in [1.165, 1.54) is 0 Å². The van der Waals surface area contributed by atoms with E-state index in [2.05, 4.69) is 37.6 Å². The molecule has 0 rings (SSSR count). The third-order valence-electron chi connectivity index (χ3n) is 3.55. The highest BCUT2D eigenvalue weighted by molar-refractivity contribution is 5.72. The number of nitrogens with zero attached hydrogens (tertiary/aromatic N) is 2. The van der Waals surface area contributed by atoms with E-state index in [1.807, 2.05) is 14.0 Å². The van der Waals surface area contributed by atoms with E-state index >= 15 is 0 Å². The molecule has 0 saturated carbocycles. The van der Waals surface area contributed by atoms with Gasteiger partial charge >= 0.3 is 0 Å². The van der Waals surface area contributed by atoms with E-state index in [0.717, 1.165) is 37.9 Å². The fraction of sp³-hybridized carbons (Fsp3) is 0.688. The summed E-state index contributed by atoms with van der Waals surface area (Å²) in [6.07, 6.45) is 8.71. The van der Waals surface area contributed by atoms with Crippen molar-refractivity contribution in [3.8, 4) is 0 Å². The van der Waals surface area contributed by atoms with Gasteiger partial charge in [0.1, 0.15) is 0 Å². The molecule has 0 bridgehead atoms. The summed E-state index contributed by atoms with van der Waals surface area (Å²) < 4.78 is 0. The topological polar surface area (TPSA) is 23.6 Å². The molecule has 110 valence electrons. The van der Waals surface area contributed by atoms with Crippen LogP contribution in [0.3, 0.4) is 0 Å². The third-order valence-corrected chi connectivity index (χ3v) is 3.55. The van der Waals surface area contributed by atoms with Crippen molar-refractivity contribution < 1.29 is 4.79 Å². The Balaban J connectivity index is 4.37.